The van der Waals surface area contributed by atoms with Crippen LogP contribution in [0.15, 0.2) is 40.8 Å². The Morgan fingerprint density at radius 3 is 2.84 bits per heavy atom. The quantitative estimate of drug-likeness (QED) is 0.621. The van der Waals surface area contributed by atoms with Gasteiger partial charge in [0, 0.05) is 5.39 Å². The van der Waals surface area contributed by atoms with Gasteiger partial charge < -0.3 is 9.15 Å². The maximum absolute atomic E-state index is 13.8. The first kappa shape index (κ1) is 12.0. The van der Waals surface area contributed by atoms with Gasteiger partial charge in [-0.2, -0.15) is 0 Å². The molecule has 2 aromatic carbocycles. The summed E-state index contributed by atoms with van der Waals surface area (Å²) in [4.78, 5) is 0. The first-order valence-corrected chi connectivity index (χ1v) is 6.54. The first-order chi connectivity index (χ1) is 9.31. The number of hydrogen-bond acceptors (Lipinski definition) is 2. The zero-order valence-corrected chi connectivity index (χ0v) is 10.8. The van der Waals surface area contributed by atoms with Gasteiger partial charge in [-0.15, -0.1) is 0 Å². The molecule has 0 aliphatic carbocycles. The van der Waals surface area contributed by atoms with E-state index in [1.54, 1.807) is 6.07 Å². The Morgan fingerprint density at radius 2 is 2.00 bits per heavy atom. The normalized spacial score (nSPS) is 11.3. The van der Waals surface area contributed by atoms with Crippen LogP contribution in [0.5, 0.6) is 5.75 Å². The van der Waals surface area contributed by atoms with Gasteiger partial charge in [0.2, 0.25) is 0 Å². The van der Waals surface area contributed by atoms with Gasteiger partial charge in [-0.05, 0) is 24.6 Å². The molecule has 0 fully saturated rings. The van der Waals surface area contributed by atoms with Crippen LogP contribution in [-0.2, 0) is 0 Å². The molecule has 0 N–H and O–H groups in total. The van der Waals surface area contributed by atoms with Gasteiger partial charge >= 0.3 is 0 Å². The maximum atomic E-state index is 13.8. The van der Waals surface area contributed by atoms with E-state index in [4.69, 9.17) is 9.15 Å². The van der Waals surface area contributed by atoms with Crippen molar-refractivity contribution in [2.75, 3.05) is 6.61 Å². The maximum Gasteiger partial charge on any atom is 0.174 e. The monoisotopic (exact) mass is 258 g/mol. The van der Waals surface area contributed by atoms with Crippen LogP contribution < -0.4 is 4.74 Å². The van der Waals surface area contributed by atoms with Gasteiger partial charge in [-0.3, -0.25) is 0 Å². The Morgan fingerprint density at radius 1 is 1.16 bits per heavy atom. The van der Waals surface area contributed by atoms with Crippen molar-refractivity contribution in [3.05, 3.63) is 42.2 Å². The lowest BCUT2D eigenvalue weighted by Gasteiger charge is -2.06. The summed E-state index contributed by atoms with van der Waals surface area (Å²) in [6.07, 6.45) is 2.05. The fourth-order valence-corrected chi connectivity index (χ4v) is 2.21. The fraction of sp³-hybridized carbons (Fsp3) is 0.250. The molecule has 1 aromatic heterocycles. The first-order valence-electron chi connectivity index (χ1n) is 6.54. The van der Waals surface area contributed by atoms with Crippen molar-refractivity contribution in [1.29, 1.82) is 0 Å². The van der Waals surface area contributed by atoms with Gasteiger partial charge in [0.15, 0.2) is 11.4 Å². The highest BCUT2D eigenvalue weighted by atomic mass is 19.1. The van der Waals surface area contributed by atoms with E-state index in [9.17, 15) is 4.39 Å². The number of benzene rings is 2. The van der Waals surface area contributed by atoms with Gasteiger partial charge in [0.1, 0.15) is 11.3 Å². The lowest BCUT2D eigenvalue weighted by atomic mass is 10.1. The second kappa shape index (κ2) is 4.92. The van der Waals surface area contributed by atoms with Crippen molar-refractivity contribution in [3.63, 3.8) is 0 Å². The number of hydrogen-bond donors (Lipinski definition) is 0. The molecule has 2 nitrogen and oxygen atoms in total. The number of para-hydroxylation sites is 1. The summed E-state index contributed by atoms with van der Waals surface area (Å²) in [5, 5.41) is 1.62. The number of fused-ring (bicyclic) bond motifs is 3. The number of ether oxygens (including phenoxy) is 1. The minimum Gasteiger partial charge on any atom is -0.493 e. The predicted octanol–water partition coefficient (Wildman–Crippen LogP) is 4.90. The van der Waals surface area contributed by atoms with Crippen molar-refractivity contribution in [2.24, 2.45) is 0 Å². The summed E-state index contributed by atoms with van der Waals surface area (Å²) in [5.41, 5.74) is 0.957. The van der Waals surface area contributed by atoms with Crippen LogP contribution in [0.1, 0.15) is 19.8 Å². The number of furan rings is 1. The van der Waals surface area contributed by atoms with Crippen LogP contribution in [0.2, 0.25) is 0 Å². The van der Waals surface area contributed by atoms with E-state index in [1.807, 2.05) is 24.3 Å². The Hall–Kier alpha value is -2.03. The molecule has 0 spiro atoms. The molecular formula is C16H15FO2. The molecule has 0 aliphatic heterocycles. The molecular weight excluding hydrogens is 243 g/mol. The van der Waals surface area contributed by atoms with E-state index in [2.05, 4.69) is 6.92 Å². The van der Waals surface area contributed by atoms with Crippen molar-refractivity contribution in [2.45, 2.75) is 19.8 Å². The van der Waals surface area contributed by atoms with Crippen LogP contribution in [0.3, 0.4) is 0 Å². The van der Waals surface area contributed by atoms with Crippen LogP contribution in [0.4, 0.5) is 4.39 Å². The molecule has 0 bridgehead atoms. The highest BCUT2D eigenvalue weighted by Gasteiger charge is 2.15. The molecule has 0 aliphatic rings. The molecule has 0 amide bonds. The van der Waals surface area contributed by atoms with Gasteiger partial charge in [0.25, 0.3) is 0 Å². The fourth-order valence-electron chi connectivity index (χ4n) is 2.21. The average Bonchev–Trinajstić information content (AvgIpc) is 2.82. The van der Waals surface area contributed by atoms with Gasteiger partial charge in [0.05, 0.1) is 12.0 Å². The molecule has 19 heavy (non-hydrogen) atoms. The smallest absolute Gasteiger partial charge is 0.174 e. The Balaban J connectivity index is 2.19. The standard InChI is InChI=1S/C16H15FO2/c1-2-3-10-18-14-9-8-12(17)16-15(14)11-6-4-5-7-13(11)19-16/h4-9H,2-3,10H2,1H3. The molecule has 0 unspecified atom stereocenters. The highest BCUT2D eigenvalue weighted by Crippen LogP contribution is 2.36. The van der Waals surface area contributed by atoms with Crippen molar-refractivity contribution in [1.82, 2.24) is 0 Å². The summed E-state index contributed by atoms with van der Waals surface area (Å²) < 4.78 is 25.2. The van der Waals surface area contributed by atoms with Gasteiger partial charge in [-0.25, -0.2) is 4.39 Å². The van der Waals surface area contributed by atoms with Crippen molar-refractivity contribution in [3.8, 4) is 5.75 Å². The van der Waals surface area contributed by atoms with Crippen LogP contribution in [0, 0.1) is 5.82 Å². The SMILES string of the molecule is CCCCOc1ccc(F)c2oc3ccccc3c12. The second-order valence-electron chi connectivity index (χ2n) is 4.55. The zero-order chi connectivity index (χ0) is 13.2. The lowest BCUT2D eigenvalue weighted by Crippen LogP contribution is -1.97. The van der Waals surface area contributed by atoms with Gasteiger partial charge in [-0.1, -0.05) is 31.5 Å². The minimum absolute atomic E-state index is 0.273. The molecule has 98 valence electrons. The summed E-state index contributed by atoms with van der Waals surface area (Å²) in [7, 11) is 0. The third-order valence-corrected chi connectivity index (χ3v) is 3.20. The zero-order valence-electron chi connectivity index (χ0n) is 10.8. The third-order valence-electron chi connectivity index (χ3n) is 3.20. The van der Waals surface area contributed by atoms with Crippen LogP contribution in [0.25, 0.3) is 21.9 Å². The van der Waals surface area contributed by atoms with E-state index in [1.165, 1.54) is 6.07 Å². The summed E-state index contributed by atoms with van der Waals surface area (Å²) in [5.74, 6) is 0.337. The molecule has 3 heteroatoms. The summed E-state index contributed by atoms with van der Waals surface area (Å²) in [6.45, 7) is 2.74. The molecule has 0 atom stereocenters. The highest BCUT2D eigenvalue weighted by molar-refractivity contribution is 6.08. The van der Waals surface area contributed by atoms with E-state index >= 15 is 0 Å². The largest absolute Gasteiger partial charge is 0.493 e. The van der Waals surface area contributed by atoms with E-state index < -0.39 is 0 Å². The topological polar surface area (TPSA) is 22.4 Å². The summed E-state index contributed by atoms with van der Waals surface area (Å²) in [6, 6.07) is 10.6. The summed E-state index contributed by atoms with van der Waals surface area (Å²) >= 11 is 0. The van der Waals surface area contributed by atoms with Crippen LogP contribution >= 0.6 is 0 Å². The lowest BCUT2D eigenvalue weighted by molar-refractivity contribution is 0.312. The average molecular weight is 258 g/mol. The van der Waals surface area contributed by atoms with E-state index in [-0.39, 0.29) is 11.4 Å². The molecule has 0 saturated heterocycles. The molecule has 0 saturated carbocycles. The number of rotatable bonds is 4. The minimum atomic E-state index is -0.353. The molecule has 1 heterocycles. The molecule has 3 rings (SSSR count). The van der Waals surface area contributed by atoms with Crippen LogP contribution in [-0.4, -0.2) is 6.61 Å². The van der Waals surface area contributed by atoms with Crippen molar-refractivity contribution < 1.29 is 13.5 Å². The van der Waals surface area contributed by atoms with E-state index in [0.29, 0.717) is 17.9 Å². The second-order valence-corrected chi connectivity index (χ2v) is 4.55. The Kier molecular flexibility index (Phi) is 3.11. The van der Waals surface area contributed by atoms with E-state index in [0.717, 1.165) is 23.6 Å². The van der Waals surface area contributed by atoms with Crippen molar-refractivity contribution >= 4 is 21.9 Å². The number of unbranched alkanes of at least 4 members (excludes halogenated alkanes) is 1. The predicted molar refractivity (Wildman–Crippen MR) is 74.1 cm³/mol. The Bertz CT molecular complexity index is 715. The Labute approximate surface area is 110 Å². The molecule has 3 aromatic rings. The number of halogens is 1. The third kappa shape index (κ3) is 2.05. The molecule has 0 radical (unpaired) electrons.